The Hall–Kier alpha value is -1.82. The molecule has 0 aliphatic rings. The van der Waals surface area contributed by atoms with Crippen LogP contribution in [0.5, 0.6) is 5.75 Å². The third kappa shape index (κ3) is 4.75. The number of phenols is 1. The Kier molecular flexibility index (Phi) is 4.72. The molecule has 6 heteroatoms. The number of carbonyl (C=O) groups is 1. The van der Waals surface area contributed by atoms with Crippen LogP contribution in [0.2, 0.25) is 0 Å². The molecular weight excluding hydrogens is 253 g/mol. The van der Waals surface area contributed by atoms with E-state index >= 15 is 0 Å². The molecule has 106 valence electrons. The first-order chi connectivity index (χ1) is 8.73. The minimum absolute atomic E-state index is 0.129. The number of phenolic OH excluding ortho intramolecular Hbond substituents is 1. The van der Waals surface area contributed by atoms with E-state index in [1.165, 1.54) is 18.2 Å². The highest BCUT2D eigenvalue weighted by Crippen LogP contribution is 2.27. The standard InChI is InChI=1S/C13H18FNO4/c1-13(2,3)19-12(18)15-9-5-4-8(6-10(9)16)11(17)7-14/h4-6,11,16-17H,7H2,1-3H3,(H,15,18). The average molecular weight is 271 g/mol. The average Bonchev–Trinajstić information content (AvgIpc) is 2.28. The van der Waals surface area contributed by atoms with Crippen molar-refractivity contribution in [3.05, 3.63) is 23.8 Å². The quantitative estimate of drug-likeness (QED) is 0.738. The van der Waals surface area contributed by atoms with Crippen molar-refractivity contribution >= 4 is 11.8 Å². The number of amides is 1. The second kappa shape index (κ2) is 5.88. The summed E-state index contributed by atoms with van der Waals surface area (Å²) in [5.41, 5.74) is -0.289. The first-order valence-corrected chi connectivity index (χ1v) is 5.80. The lowest BCUT2D eigenvalue weighted by Crippen LogP contribution is -2.27. The second-order valence-corrected chi connectivity index (χ2v) is 5.07. The minimum atomic E-state index is -1.29. The summed E-state index contributed by atoms with van der Waals surface area (Å²) in [6, 6.07) is 3.97. The molecule has 0 fully saturated rings. The molecule has 1 aromatic carbocycles. The lowest BCUT2D eigenvalue weighted by atomic mass is 10.1. The van der Waals surface area contributed by atoms with Gasteiger partial charge in [-0.2, -0.15) is 0 Å². The molecule has 0 aromatic heterocycles. The Morgan fingerprint density at radius 3 is 2.58 bits per heavy atom. The van der Waals surface area contributed by atoms with Crippen LogP contribution in [-0.4, -0.2) is 28.6 Å². The van der Waals surface area contributed by atoms with Gasteiger partial charge in [-0.1, -0.05) is 6.07 Å². The number of nitrogens with one attached hydrogen (secondary N) is 1. The number of benzene rings is 1. The first kappa shape index (κ1) is 15.2. The van der Waals surface area contributed by atoms with Crippen LogP contribution >= 0.6 is 0 Å². The third-order valence-corrected chi connectivity index (χ3v) is 2.19. The van der Waals surface area contributed by atoms with Crippen molar-refractivity contribution in [3.8, 4) is 5.75 Å². The van der Waals surface area contributed by atoms with Crippen LogP contribution in [0.15, 0.2) is 18.2 Å². The lowest BCUT2D eigenvalue weighted by Gasteiger charge is -2.20. The SMILES string of the molecule is CC(C)(C)OC(=O)Nc1ccc(C(O)CF)cc1O. The van der Waals surface area contributed by atoms with Gasteiger partial charge in [-0.25, -0.2) is 9.18 Å². The van der Waals surface area contributed by atoms with E-state index in [1.54, 1.807) is 20.8 Å². The molecule has 0 saturated carbocycles. The third-order valence-electron chi connectivity index (χ3n) is 2.19. The van der Waals surface area contributed by atoms with Crippen molar-refractivity contribution in [1.82, 2.24) is 0 Å². The van der Waals surface area contributed by atoms with E-state index in [0.717, 1.165) is 0 Å². The summed E-state index contributed by atoms with van der Waals surface area (Å²) in [5.74, 6) is -0.268. The van der Waals surface area contributed by atoms with E-state index < -0.39 is 24.5 Å². The van der Waals surface area contributed by atoms with Gasteiger partial charge in [0.15, 0.2) is 0 Å². The largest absolute Gasteiger partial charge is 0.506 e. The van der Waals surface area contributed by atoms with E-state index in [1.807, 2.05) is 0 Å². The molecule has 0 saturated heterocycles. The lowest BCUT2D eigenvalue weighted by molar-refractivity contribution is 0.0635. The summed E-state index contributed by atoms with van der Waals surface area (Å²) < 4.78 is 17.3. The zero-order chi connectivity index (χ0) is 14.6. The van der Waals surface area contributed by atoms with Gasteiger partial charge in [0.2, 0.25) is 0 Å². The van der Waals surface area contributed by atoms with Gasteiger partial charge in [-0.15, -0.1) is 0 Å². The summed E-state index contributed by atoms with van der Waals surface area (Å²) in [6.07, 6.45) is -2.00. The number of alkyl halides is 1. The number of ether oxygens (including phenoxy) is 1. The van der Waals surface area contributed by atoms with Gasteiger partial charge in [0.05, 0.1) is 5.69 Å². The summed E-state index contributed by atoms with van der Waals surface area (Å²) in [7, 11) is 0. The Balaban J connectivity index is 2.78. The van der Waals surface area contributed by atoms with E-state index in [9.17, 15) is 19.4 Å². The van der Waals surface area contributed by atoms with Crippen LogP contribution in [0.25, 0.3) is 0 Å². The summed E-state index contributed by atoms with van der Waals surface area (Å²) in [5, 5.41) is 21.3. The number of hydrogen-bond donors (Lipinski definition) is 3. The number of anilines is 1. The molecule has 1 atom stereocenters. The molecular formula is C13H18FNO4. The summed E-state index contributed by atoms with van der Waals surface area (Å²) >= 11 is 0. The van der Waals surface area contributed by atoms with Crippen LogP contribution in [0.1, 0.15) is 32.4 Å². The zero-order valence-corrected chi connectivity index (χ0v) is 11.1. The van der Waals surface area contributed by atoms with E-state index in [-0.39, 0.29) is 17.0 Å². The van der Waals surface area contributed by atoms with Crippen molar-refractivity contribution in [3.63, 3.8) is 0 Å². The Morgan fingerprint density at radius 1 is 1.47 bits per heavy atom. The Bertz CT molecular complexity index is 456. The van der Waals surface area contributed by atoms with Crippen LogP contribution in [0.4, 0.5) is 14.9 Å². The number of aromatic hydroxyl groups is 1. The summed E-state index contributed by atoms with van der Waals surface area (Å²) in [6.45, 7) is 4.20. The molecule has 3 N–H and O–H groups in total. The maximum Gasteiger partial charge on any atom is 0.412 e. The minimum Gasteiger partial charge on any atom is -0.506 e. The van der Waals surface area contributed by atoms with Gasteiger partial charge >= 0.3 is 6.09 Å². The number of aliphatic hydroxyl groups is 1. The highest BCUT2D eigenvalue weighted by Gasteiger charge is 2.17. The maximum absolute atomic E-state index is 12.3. The van der Waals surface area contributed by atoms with Crippen molar-refractivity contribution in [2.24, 2.45) is 0 Å². The van der Waals surface area contributed by atoms with Gasteiger partial charge in [-0.3, -0.25) is 5.32 Å². The highest BCUT2D eigenvalue weighted by atomic mass is 19.1. The number of rotatable bonds is 3. The van der Waals surface area contributed by atoms with E-state index in [0.29, 0.717) is 0 Å². The molecule has 19 heavy (non-hydrogen) atoms. The zero-order valence-electron chi connectivity index (χ0n) is 11.1. The van der Waals surface area contributed by atoms with Gasteiger partial charge in [0.1, 0.15) is 24.1 Å². The number of halogens is 1. The number of aliphatic hydroxyl groups excluding tert-OH is 1. The van der Waals surface area contributed by atoms with Gasteiger partial charge in [-0.05, 0) is 38.5 Å². The first-order valence-electron chi connectivity index (χ1n) is 5.80. The molecule has 0 bridgehead atoms. The van der Waals surface area contributed by atoms with Crippen LogP contribution in [0, 0.1) is 0 Å². The second-order valence-electron chi connectivity index (χ2n) is 5.07. The Labute approximate surface area is 111 Å². The fraction of sp³-hybridized carbons (Fsp3) is 0.462. The normalized spacial score (nSPS) is 12.9. The number of hydrogen-bond acceptors (Lipinski definition) is 4. The monoisotopic (exact) mass is 271 g/mol. The molecule has 0 aliphatic heterocycles. The van der Waals surface area contributed by atoms with E-state index in [4.69, 9.17) is 4.74 Å². The van der Waals surface area contributed by atoms with Crippen molar-refractivity contribution in [1.29, 1.82) is 0 Å². The van der Waals surface area contributed by atoms with Crippen LogP contribution < -0.4 is 5.32 Å². The smallest absolute Gasteiger partial charge is 0.412 e. The molecule has 1 unspecified atom stereocenters. The topological polar surface area (TPSA) is 78.8 Å². The fourth-order valence-corrected chi connectivity index (χ4v) is 1.36. The van der Waals surface area contributed by atoms with E-state index in [2.05, 4.69) is 5.32 Å². The predicted molar refractivity (Wildman–Crippen MR) is 68.9 cm³/mol. The van der Waals surface area contributed by atoms with Crippen molar-refractivity contribution in [2.75, 3.05) is 12.0 Å². The molecule has 1 amide bonds. The van der Waals surface area contributed by atoms with Crippen molar-refractivity contribution in [2.45, 2.75) is 32.5 Å². The molecule has 5 nitrogen and oxygen atoms in total. The molecule has 0 spiro atoms. The molecule has 1 aromatic rings. The molecule has 0 radical (unpaired) electrons. The highest BCUT2D eigenvalue weighted by molar-refractivity contribution is 5.86. The molecule has 0 heterocycles. The fourth-order valence-electron chi connectivity index (χ4n) is 1.36. The van der Waals surface area contributed by atoms with Gasteiger partial charge < -0.3 is 14.9 Å². The molecule has 1 rings (SSSR count). The summed E-state index contributed by atoms with van der Waals surface area (Å²) in [4.78, 5) is 11.5. The number of carbonyl (C=O) groups excluding carboxylic acids is 1. The molecule has 0 aliphatic carbocycles. The van der Waals surface area contributed by atoms with Crippen LogP contribution in [0.3, 0.4) is 0 Å². The van der Waals surface area contributed by atoms with Crippen molar-refractivity contribution < 1.29 is 24.1 Å². The van der Waals surface area contributed by atoms with Crippen LogP contribution in [-0.2, 0) is 4.74 Å². The van der Waals surface area contributed by atoms with Gasteiger partial charge in [0, 0.05) is 0 Å². The van der Waals surface area contributed by atoms with Gasteiger partial charge in [0.25, 0.3) is 0 Å². The predicted octanol–water partition coefficient (Wildman–Crippen LogP) is 2.74. The maximum atomic E-state index is 12.3. The Morgan fingerprint density at radius 2 is 2.11 bits per heavy atom.